The number of carbonyl (C=O) groups excluding carboxylic acids is 10. The first-order chi connectivity index (χ1) is 46.4. The van der Waals surface area contributed by atoms with Crippen molar-refractivity contribution in [3.8, 4) is 5.75 Å². The summed E-state index contributed by atoms with van der Waals surface area (Å²) in [4.78, 5) is 161. The summed E-state index contributed by atoms with van der Waals surface area (Å²) in [6, 6.07) is 0.913. The minimum absolute atomic E-state index is 0.00795. The number of amides is 10. The van der Waals surface area contributed by atoms with Crippen LogP contribution in [0, 0.1) is 17.8 Å². The van der Waals surface area contributed by atoms with Gasteiger partial charge in [-0.25, -0.2) is 4.98 Å². The summed E-state index contributed by atoms with van der Waals surface area (Å²) >= 11 is 1.03. The Labute approximate surface area is 576 Å². The van der Waals surface area contributed by atoms with Gasteiger partial charge in [0.15, 0.2) is 0 Å². The zero-order valence-corrected chi connectivity index (χ0v) is 58.9. The van der Waals surface area contributed by atoms with Gasteiger partial charge >= 0.3 is 11.9 Å². The maximum atomic E-state index is 14.2. The number of aromatic hydroxyl groups is 1. The number of benzene rings is 1. The number of carbonyl (C=O) groups is 12. The van der Waals surface area contributed by atoms with Gasteiger partial charge in [-0.05, 0) is 96.0 Å². The van der Waals surface area contributed by atoms with Gasteiger partial charge in [0.25, 0.3) is 17.7 Å². The number of thiazole rings is 1. The smallest absolute Gasteiger partial charge is 0.312 e. The molecule has 1 aliphatic rings. The Morgan fingerprint density at radius 3 is 1.85 bits per heavy atom. The number of phenols is 1. The fraction of sp³-hybridized carbons (Fsp3) is 0.652. The number of phenolic OH excluding ortho intramolecular Hbond substituents is 1. The third-order valence-corrected chi connectivity index (χ3v) is 17.4. The van der Waals surface area contributed by atoms with E-state index in [-0.39, 0.29) is 188 Å². The number of ether oxygens (including phenoxy) is 4. The molecule has 0 fully saturated rings. The number of likely N-dealkylation sites (N-methyl/N-ethyl adjacent to an activating group) is 2. The van der Waals surface area contributed by atoms with Crippen molar-refractivity contribution in [1.82, 2.24) is 51.6 Å². The lowest BCUT2D eigenvalue weighted by atomic mass is 9.92. The van der Waals surface area contributed by atoms with Gasteiger partial charge in [-0.1, -0.05) is 47.1 Å². The number of unbranched alkanes of at least 4 members (excludes halogenated alkanes) is 1. The van der Waals surface area contributed by atoms with Crippen molar-refractivity contribution in [3.05, 3.63) is 52.0 Å². The number of nitrogens with zero attached hydrogens (tertiary/aromatic N) is 4. The number of hydrogen-bond donors (Lipinski definition) is 11. The molecule has 10 amide bonds. The number of aliphatic hydroxyl groups is 1. The van der Waals surface area contributed by atoms with Crippen LogP contribution in [-0.2, 0) is 78.1 Å². The number of carboxylic acid groups (broad SMARTS) is 2. The van der Waals surface area contributed by atoms with Crippen LogP contribution in [0.15, 0.2) is 35.7 Å². The normalized spacial score (nSPS) is 14.4. The van der Waals surface area contributed by atoms with E-state index >= 15 is 0 Å². The molecule has 1 aliphatic heterocycles. The second kappa shape index (κ2) is 44.1. The Morgan fingerprint density at radius 1 is 0.704 bits per heavy atom. The fourth-order valence-corrected chi connectivity index (χ4v) is 10.6. The van der Waals surface area contributed by atoms with E-state index in [1.54, 1.807) is 44.8 Å². The van der Waals surface area contributed by atoms with E-state index in [2.05, 4.69) is 42.2 Å². The molecule has 548 valence electrons. The highest BCUT2D eigenvalue weighted by atomic mass is 32.1. The predicted molar refractivity (Wildman–Crippen MR) is 360 cm³/mol. The highest BCUT2D eigenvalue weighted by Gasteiger charge is 2.39. The minimum Gasteiger partial charge on any atom is -0.506 e. The van der Waals surface area contributed by atoms with Crippen LogP contribution in [0.25, 0.3) is 0 Å². The number of carboxylic acids is 2. The maximum Gasteiger partial charge on any atom is 0.312 e. The van der Waals surface area contributed by atoms with Gasteiger partial charge in [0.2, 0.25) is 41.4 Å². The molecule has 1 aromatic carbocycles. The first-order valence-electron chi connectivity index (χ1n) is 33.1. The van der Waals surface area contributed by atoms with Crippen LogP contribution >= 0.6 is 11.3 Å². The summed E-state index contributed by atoms with van der Waals surface area (Å²) in [7, 11) is 5.20. The zero-order chi connectivity index (χ0) is 73.1. The number of hydrogen-bond acceptors (Lipinski definition) is 21. The number of aliphatic carboxylic acids is 2. The Bertz CT molecular complexity index is 2980. The van der Waals surface area contributed by atoms with Crippen molar-refractivity contribution in [2.75, 3.05) is 105 Å². The Balaban J connectivity index is 1.57. The number of aliphatic hydroxyl groups excluding tert-OH is 1. The van der Waals surface area contributed by atoms with Crippen molar-refractivity contribution in [2.45, 2.75) is 161 Å². The second-order valence-electron chi connectivity index (χ2n) is 25.0. The van der Waals surface area contributed by atoms with Crippen LogP contribution in [0.3, 0.4) is 0 Å². The molecule has 7 atom stereocenters. The molecule has 98 heavy (non-hydrogen) atoms. The molecule has 1 aromatic heterocycles. The zero-order valence-electron chi connectivity index (χ0n) is 58.1. The fourth-order valence-electron chi connectivity index (χ4n) is 9.80. The van der Waals surface area contributed by atoms with E-state index in [0.717, 1.165) is 28.4 Å². The van der Waals surface area contributed by atoms with Crippen LogP contribution in [0.4, 0.5) is 5.69 Å². The number of nitrogens with one attached hydrogen (secondary N) is 7. The molecular weight excluding hydrogens is 1300 g/mol. The summed E-state index contributed by atoms with van der Waals surface area (Å²) < 4.78 is 21.6. The first-order valence-corrected chi connectivity index (χ1v) is 33.9. The summed E-state index contributed by atoms with van der Waals surface area (Å²) in [6.45, 7) is 14.7. The topological polar surface area (TPSA) is 429 Å². The van der Waals surface area contributed by atoms with Crippen LogP contribution < -0.4 is 37.2 Å². The third-order valence-electron chi connectivity index (χ3n) is 16.5. The van der Waals surface area contributed by atoms with Crippen molar-refractivity contribution in [2.24, 2.45) is 17.8 Å². The number of aromatic nitrogens is 1. The third kappa shape index (κ3) is 30.8. The molecule has 0 radical (unpaired) electrons. The van der Waals surface area contributed by atoms with Crippen LogP contribution in [0.2, 0.25) is 0 Å². The van der Waals surface area contributed by atoms with Gasteiger partial charge in [0.1, 0.15) is 41.1 Å². The monoisotopic (exact) mass is 1400 g/mol. The summed E-state index contributed by atoms with van der Waals surface area (Å²) in [5.74, 6) is -8.76. The molecule has 0 bridgehead atoms. The minimum atomic E-state index is -1.22. The number of imide groups is 1. The van der Waals surface area contributed by atoms with Crippen molar-refractivity contribution < 1.29 is 96.9 Å². The molecular formula is C66H103N11O20S. The highest BCUT2D eigenvalue weighted by Crippen LogP contribution is 2.30. The molecule has 3 rings (SSSR count). The van der Waals surface area contributed by atoms with E-state index in [0.29, 0.717) is 24.8 Å². The largest absolute Gasteiger partial charge is 0.506 e. The van der Waals surface area contributed by atoms with Crippen molar-refractivity contribution in [1.29, 1.82) is 0 Å². The Morgan fingerprint density at radius 2 is 1.29 bits per heavy atom. The van der Waals surface area contributed by atoms with E-state index in [1.807, 2.05) is 27.7 Å². The van der Waals surface area contributed by atoms with Crippen LogP contribution in [-0.4, -0.2) is 241 Å². The second-order valence-corrected chi connectivity index (χ2v) is 25.9. The number of anilines is 1. The standard InChI is InChI=1S/C66H103N11O20S/c1-11-42(4)59(74-65(93)66(6,7)75(8)9)63(90)76(10)49(41(2)3)38-51(79)62-73-48(40-98-62)61(89)70-45(35-43(5)64(91)92)36-44-17-18-50(78)47(37-44)72-60(88)46(71-54(82)16-14-26-77-56(84)19-20-57(77)85)15-12-13-23-67-52(80)21-27-94-31-33-96-29-24-68-53(81)22-28-95-32-34-97-30-25-69-55(83)39-58(86)87/h17-20,37,40-43,45-46,49,51,59,78-79H,11-16,21-36,38-39H2,1-10H3,(H,67,80)(H,68,81)(H,69,83)(H,70,89)(H,71,82)(H,72,88)(H,74,93)(H,86,87)(H,91,92)/t42-,43?,45+,46-,49+,51+,59-/m0/s1. The van der Waals surface area contributed by atoms with Gasteiger partial charge in [0, 0.05) is 88.5 Å². The molecule has 2 aromatic rings. The Kier molecular flexibility index (Phi) is 37.9. The highest BCUT2D eigenvalue weighted by molar-refractivity contribution is 7.09. The van der Waals surface area contributed by atoms with Gasteiger partial charge in [-0.3, -0.25) is 67.3 Å². The average Bonchev–Trinajstić information content (AvgIpc) is 0.945. The lowest BCUT2D eigenvalue weighted by molar-refractivity contribution is -0.142. The van der Waals surface area contributed by atoms with E-state index in [1.165, 1.54) is 30.5 Å². The average molecular weight is 1400 g/mol. The molecule has 0 aliphatic carbocycles. The lowest BCUT2D eigenvalue weighted by Gasteiger charge is -2.38. The van der Waals surface area contributed by atoms with Crippen LogP contribution in [0.5, 0.6) is 5.75 Å². The number of rotatable bonds is 50. The molecule has 1 unspecified atom stereocenters. The summed E-state index contributed by atoms with van der Waals surface area (Å²) in [6.07, 6.45) is 1.93. The van der Waals surface area contributed by atoms with E-state index < -0.39 is 95.5 Å². The molecule has 2 heterocycles. The maximum absolute atomic E-state index is 14.2. The van der Waals surface area contributed by atoms with Gasteiger partial charge in [0.05, 0.1) is 70.0 Å². The molecule has 0 spiro atoms. The Hall–Kier alpha value is -8.01. The SMILES string of the molecule is CC[C@H](C)[C@H](NC(=O)C(C)(C)N(C)C)C(=O)N(C)[C@H](C[C@@H](O)c1nc(C(=O)N[C@@H](Cc2ccc(O)c(NC(=O)[C@H](CCCCNC(=O)CCOCCOCCNC(=O)CCOCCOCCNC(=O)CC(=O)O)NC(=O)CCCN3C(=O)C=CC3=O)c2)CC(C)C(=O)O)cs1)C(C)C. The summed E-state index contributed by atoms with van der Waals surface area (Å²) in [5, 5.41) is 61.9. The van der Waals surface area contributed by atoms with Gasteiger partial charge in [-0.2, -0.15) is 0 Å². The van der Waals surface area contributed by atoms with E-state index in [9.17, 15) is 72.9 Å². The first kappa shape index (κ1) is 84.2. The molecule has 32 heteroatoms. The predicted octanol–water partition coefficient (Wildman–Crippen LogP) is 2.05. The molecule has 0 saturated carbocycles. The summed E-state index contributed by atoms with van der Waals surface area (Å²) in [5.41, 5.74) is -0.562. The quantitative estimate of drug-likeness (QED) is 0.0195. The van der Waals surface area contributed by atoms with Gasteiger partial charge < -0.3 is 81.5 Å². The lowest BCUT2D eigenvalue weighted by Crippen LogP contribution is -2.60. The van der Waals surface area contributed by atoms with E-state index in [4.69, 9.17) is 24.1 Å². The molecule has 31 nitrogen and oxygen atoms in total. The van der Waals surface area contributed by atoms with Crippen molar-refractivity contribution >= 4 is 88.0 Å². The van der Waals surface area contributed by atoms with Gasteiger partial charge in [-0.15, -0.1) is 11.3 Å². The van der Waals surface area contributed by atoms with Crippen molar-refractivity contribution in [3.63, 3.8) is 0 Å². The molecule has 11 N–H and O–H groups in total. The van der Waals surface area contributed by atoms with Crippen LogP contribution in [0.1, 0.15) is 146 Å². The molecule has 0 saturated heterocycles.